The Hall–Kier alpha value is -3.73. The number of hydrogen-bond acceptors (Lipinski definition) is 6. The van der Waals surface area contributed by atoms with Crippen molar-refractivity contribution < 1.29 is 30.2 Å². The number of nitrogens with zero attached hydrogens (tertiary/aromatic N) is 4. The molecule has 0 N–H and O–H groups in total. The first-order chi connectivity index (χ1) is 18.9. The van der Waals surface area contributed by atoms with Gasteiger partial charge in [-0.05, 0) is 58.0 Å². The molecule has 0 fully saturated rings. The number of rotatable bonds is 4. The second-order valence-corrected chi connectivity index (χ2v) is 10.5. The molecule has 202 valence electrons. The van der Waals surface area contributed by atoms with E-state index in [1.807, 2.05) is 72.3 Å². The van der Waals surface area contributed by atoms with Gasteiger partial charge in [-0.25, -0.2) is 0 Å². The second kappa shape index (κ2) is 10.0. The van der Waals surface area contributed by atoms with Crippen molar-refractivity contribution in [1.29, 1.82) is 0 Å². The number of ether oxygens (including phenoxy) is 1. The van der Waals surface area contributed by atoms with E-state index >= 15 is 0 Å². The van der Waals surface area contributed by atoms with E-state index in [9.17, 15) is 0 Å². The summed E-state index contributed by atoms with van der Waals surface area (Å²) in [5, 5.41) is 2.01. The first kappa shape index (κ1) is 26.5. The molecular weight excluding hydrogens is 679 g/mol. The fourth-order valence-corrected chi connectivity index (χ4v) is 5.24. The van der Waals surface area contributed by atoms with Crippen LogP contribution in [-0.4, -0.2) is 23.9 Å². The van der Waals surface area contributed by atoms with Crippen LogP contribution in [0.4, 0.5) is 17.1 Å². The minimum Gasteiger partial charge on any atom is -0.512 e. The predicted octanol–water partition coefficient (Wildman–Crippen LogP) is 7.76. The van der Waals surface area contributed by atoms with E-state index in [2.05, 4.69) is 85.9 Å². The van der Waals surface area contributed by atoms with E-state index in [-0.39, 0.29) is 26.6 Å². The van der Waals surface area contributed by atoms with Crippen LogP contribution in [0, 0.1) is 25.5 Å². The van der Waals surface area contributed by atoms with Gasteiger partial charge in [-0.2, -0.15) is 19.4 Å². The fourth-order valence-electron chi connectivity index (χ4n) is 5.24. The van der Waals surface area contributed by atoms with Crippen molar-refractivity contribution in [2.75, 3.05) is 23.9 Å². The smallest absolute Gasteiger partial charge is 0.512 e. The number of furan rings is 1. The molecule has 0 atom stereocenters. The van der Waals surface area contributed by atoms with E-state index in [1.165, 1.54) is 5.56 Å². The predicted molar refractivity (Wildman–Crippen MR) is 155 cm³/mol. The van der Waals surface area contributed by atoms with Gasteiger partial charge in [0.2, 0.25) is 0 Å². The van der Waals surface area contributed by atoms with Gasteiger partial charge in [0.15, 0.2) is 0 Å². The molecule has 6 nitrogen and oxygen atoms in total. The zero-order valence-corrected chi connectivity index (χ0v) is 24.9. The first-order valence-electron chi connectivity index (χ1n) is 13.0. The number of para-hydroxylation sites is 2. The summed E-state index contributed by atoms with van der Waals surface area (Å²) in [7, 11) is 4.10. The average Bonchev–Trinajstić information content (AvgIpc) is 3.55. The summed E-state index contributed by atoms with van der Waals surface area (Å²) in [6, 6.07) is 31.5. The molecule has 0 unspecified atom stereocenters. The van der Waals surface area contributed by atoms with Crippen LogP contribution in [0.3, 0.4) is 0 Å². The van der Waals surface area contributed by atoms with Gasteiger partial charge in [0.1, 0.15) is 5.58 Å². The van der Waals surface area contributed by atoms with Gasteiger partial charge < -0.3 is 28.8 Å². The number of fused-ring (bicyclic) bond motifs is 4. The van der Waals surface area contributed by atoms with Crippen LogP contribution in [-0.2, 0) is 26.6 Å². The number of anilines is 3. The molecule has 0 bridgehead atoms. The molecule has 0 amide bonds. The second-order valence-electron chi connectivity index (χ2n) is 10.5. The Morgan fingerprint density at radius 3 is 2.45 bits per heavy atom. The minimum atomic E-state index is -0.126. The van der Waals surface area contributed by atoms with E-state index < -0.39 is 0 Å². The summed E-state index contributed by atoms with van der Waals surface area (Å²) < 4.78 is 12.8. The molecule has 0 radical (unpaired) electrons. The van der Waals surface area contributed by atoms with Gasteiger partial charge in [0, 0.05) is 22.4 Å². The molecule has 2 aliphatic heterocycles. The van der Waals surface area contributed by atoms with Crippen LogP contribution >= 0.6 is 0 Å². The van der Waals surface area contributed by atoms with Gasteiger partial charge in [-0.3, -0.25) is 0 Å². The Morgan fingerprint density at radius 1 is 0.825 bits per heavy atom. The SMILES string of the molecule is CN1C=CN(c2[c-]c(Oc3[c-]c(N4[CH-]N(C)C(C)(C)c5ccccc54)ccc3)c3oc4ccccc4c3c2)[CH-]1.[Pt+4]. The molecule has 3 heterocycles. The molecule has 4 aromatic carbocycles. The molecule has 1 aromatic heterocycles. The van der Waals surface area contributed by atoms with Crippen LogP contribution in [0.5, 0.6) is 11.5 Å². The van der Waals surface area contributed by atoms with Gasteiger partial charge in [0.25, 0.3) is 0 Å². The van der Waals surface area contributed by atoms with Gasteiger partial charge in [-0.1, -0.05) is 41.8 Å². The molecule has 2 aliphatic rings. The third kappa shape index (κ3) is 4.36. The van der Waals surface area contributed by atoms with E-state index in [1.54, 1.807) is 0 Å². The Kier molecular flexibility index (Phi) is 6.64. The summed E-state index contributed by atoms with van der Waals surface area (Å²) in [6.45, 7) is 8.58. The van der Waals surface area contributed by atoms with Gasteiger partial charge in [0.05, 0.1) is 11.3 Å². The average molecular weight is 708 g/mol. The number of benzene rings is 4. The summed E-state index contributed by atoms with van der Waals surface area (Å²) in [5.41, 5.74) is 5.47. The van der Waals surface area contributed by atoms with Crippen molar-refractivity contribution in [3.05, 3.63) is 116 Å². The van der Waals surface area contributed by atoms with Crippen molar-refractivity contribution in [2.45, 2.75) is 19.4 Å². The topological polar surface area (TPSA) is 35.3 Å². The van der Waals surface area contributed by atoms with Crippen molar-refractivity contribution >= 4 is 39.0 Å². The third-order valence-corrected chi connectivity index (χ3v) is 7.63. The van der Waals surface area contributed by atoms with Crippen LogP contribution < -0.4 is 14.5 Å². The van der Waals surface area contributed by atoms with E-state index in [0.717, 1.165) is 33.4 Å². The monoisotopic (exact) mass is 707 g/mol. The summed E-state index contributed by atoms with van der Waals surface area (Å²) in [5.74, 6) is 1.10. The number of hydrogen-bond donors (Lipinski definition) is 0. The summed E-state index contributed by atoms with van der Waals surface area (Å²) in [4.78, 5) is 8.40. The van der Waals surface area contributed by atoms with Crippen LogP contribution in [0.2, 0.25) is 0 Å². The van der Waals surface area contributed by atoms with E-state index in [0.29, 0.717) is 17.1 Å². The van der Waals surface area contributed by atoms with Crippen LogP contribution in [0.1, 0.15) is 19.4 Å². The minimum absolute atomic E-state index is 0. The third-order valence-electron chi connectivity index (χ3n) is 7.63. The summed E-state index contributed by atoms with van der Waals surface area (Å²) >= 11 is 0. The maximum Gasteiger partial charge on any atom is 4.00 e. The standard InChI is InChI=1S/C33H28N4O2.Pt/c1-33(2)28-13-6-7-14-29(28)37(22-35(33)4)23-10-9-11-25(18-23)38-31-20-24(36-17-16-34(3)21-36)19-27-26-12-5-8-15-30(26)39-32(27)31;/h5-17,19,21-22H,1-4H3;/q-4;+4. The van der Waals surface area contributed by atoms with Crippen molar-refractivity contribution in [2.24, 2.45) is 0 Å². The zero-order valence-electron chi connectivity index (χ0n) is 22.7. The molecule has 0 spiro atoms. The van der Waals surface area contributed by atoms with Crippen LogP contribution in [0.25, 0.3) is 21.9 Å². The molecule has 7 rings (SSSR count). The Labute approximate surface area is 249 Å². The largest absolute Gasteiger partial charge is 4.00 e. The Bertz CT molecular complexity index is 1740. The molecule has 5 aromatic rings. The quantitative estimate of drug-likeness (QED) is 0.178. The van der Waals surface area contributed by atoms with E-state index in [4.69, 9.17) is 9.15 Å². The maximum atomic E-state index is 6.50. The molecular formula is C33H28N4O2Pt. The van der Waals surface area contributed by atoms with Crippen molar-refractivity contribution in [1.82, 2.24) is 9.80 Å². The zero-order chi connectivity index (χ0) is 26.7. The van der Waals surface area contributed by atoms with Crippen LogP contribution in [0.15, 0.2) is 89.6 Å². The maximum absolute atomic E-state index is 6.50. The molecule has 0 aliphatic carbocycles. The van der Waals surface area contributed by atoms with Gasteiger partial charge in [-0.15, -0.1) is 41.7 Å². The first-order valence-corrected chi connectivity index (χ1v) is 13.0. The summed E-state index contributed by atoms with van der Waals surface area (Å²) in [6.07, 6.45) is 3.99. The molecule has 40 heavy (non-hydrogen) atoms. The Balaban J connectivity index is 0.00000289. The van der Waals surface area contributed by atoms with Crippen molar-refractivity contribution in [3.63, 3.8) is 0 Å². The Morgan fingerprint density at radius 2 is 1.62 bits per heavy atom. The molecule has 0 saturated carbocycles. The normalized spacial score (nSPS) is 16.4. The fraction of sp³-hybridized carbons (Fsp3) is 0.152. The van der Waals surface area contributed by atoms with Crippen molar-refractivity contribution in [3.8, 4) is 11.5 Å². The van der Waals surface area contributed by atoms with Gasteiger partial charge >= 0.3 is 21.1 Å². The molecule has 7 heteroatoms. The molecule has 0 saturated heterocycles.